The van der Waals surface area contributed by atoms with Crippen molar-refractivity contribution in [3.05, 3.63) is 46.5 Å². The number of nitrogens with zero attached hydrogens (tertiary/aromatic N) is 2. The van der Waals surface area contributed by atoms with Crippen LogP contribution in [0.25, 0.3) is 0 Å². The van der Waals surface area contributed by atoms with Crippen molar-refractivity contribution in [3.8, 4) is 0 Å². The number of aromatic nitrogens is 2. The van der Waals surface area contributed by atoms with Crippen LogP contribution in [0.2, 0.25) is 5.02 Å². The Balaban J connectivity index is 1.44. The molecule has 0 spiro atoms. The van der Waals surface area contributed by atoms with E-state index in [1.807, 2.05) is 0 Å². The Bertz CT molecular complexity index is 1160. The van der Waals surface area contributed by atoms with Crippen LogP contribution in [0, 0.1) is 5.92 Å². The SMILES string of the molecule is NC(=O)c1nc[nH]c1C(=O)N(CC1CCCO1)C1CCC(C(=O)Nc2cc(C(F)(F)F)ccc2Cl)CC1. The van der Waals surface area contributed by atoms with Crippen LogP contribution in [0.3, 0.4) is 0 Å². The molecule has 1 aliphatic heterocycles. The number of H-pyrrole nitrogens is 1. The lowest BCUT2D eigenvalue weighted by atomic mass is 9.84. The zero-order valence-corrected chi connectivity index (χ0v) is 20.6. The van der Waals surface area contributed by atoms with Crippen molar-refractivity contribution >= 4 is 35.0 Å². The van der Waals surface area contributed by atoms with E-state index >= 15 is 0 Å². The number of carbonyl (C=O) groups excluding carboxylic acids is 3. The third-order valence-corrected chi connectivity index (χ3v) is 7.16. The van der Waals surface area contributed by atoms with Crippen molar-refractivity contribution in [1.29, 1.82) is 0 Å². The Morgan fingerprint density at radius 3 is 2.54 bits per heavy atom. The minimum absolute atomic E-state index is 0.00421. The number of nitrogens with one attached hydrogen (secondary N) is 2. The molecule has 1 atom stereocenters. The zero-order chi connectivity index (χ0) is 26.7. The maximum absolute atomic E-state index is 13.4. The molecule has 3 amide bonds. The lowest BCUT2D eigenvalue weighted by Gasteiger charge is -2.37. The molecule has 37 heavy (non-hydrogen) atoms. The maximum Gasteiger partial charge on any atom is 0.416 e. The lowest BCUT2D eigenvalue weighted by molar-refractivity contribution is -0.137. The molecule has 200 valence electrons. The van der Waals surface area contributed by atoms with Crippen molar-refractivity contribution in [2.24, 2.45) is 11.7 Å². The molecule has 0 bridgehead atoms. The molecule has 1 saturated carbocycles. The number of nitrogens with two attached hydrogens (primary N) is 1. The van der Waals surface area contributed by atoms with Gasteiger partial charge in [0.05, 0.1) is 28.7 Å². The number of benzene rings is 1. The number of imidazole rings is 1. The minimum Gasteiger partial charge on any atom is -0.376 e. The number of anilines is 1. The highest BCUT2D eigenvalue weighted by atomic mass is 35.5. The molecule has 4 rings (SSSR count). The Labute approximate surface area is 215 Å². The topological polar surface area (TPSA) is 130 Å². The van der Waals surface area contributed by atoms with Gasteiger partial charge < -0.3 is 25.7 Å². The van der Waals surface area contributed by atoms with Crippen molar-refractivity contribution in [2.75, 3.05) is 18.5 Å². The van der Waals surface area contributed by atoms with Crippen molar-refractivity contribution in [1.82, 2.24) is 14.9 Å². The number of alkyl halides is 3. The van der Waals surface area contributed by atoms with Gasteiger partial charge in [0.25, 0.3) is 11.8 Å². The summed E-state index contributed by atoms with van der Waals surface area (Å²) >= 11 is 6.01. The molecular formula is C24H27ClF3N5O4. The molecule has 0 radical (unpaired) electrons. The summed E-state index contributed by atoms with van der Waals surface area (Å²) in [4.78, 5) is 46.2. The van der Waals surface area contributed by atoms with Gasteiger partial charge in [-0.2, -0.15) is 13.2 Å². The highest BCUT2D eigenvalue weighted by Gasteiger charge is 2.36. The van der Waals surface area contributed by atoms with E-state index in [9.17, 15) is 27.6 Å². The first-order chi connectivity index (χ1) is 17.5. The number of carbonyl (C=O) groups is 3. The summed E-state index contributed by atoms with van der Waals surface area (Å²) in [5, 5.41) is 2.53. The van der Waals surface area contributed by atoms with Gasteiger partial charge in [-0.3, -0.25) is 14.4 Å². The molecule has 1 aliphatic carbocycles. The van der Waals surface area contributed by atoms with Crippen LogP contribution in [0.1, 0.15) is 65.1 Å². The summed E-state index contributed by atoms with van der Waals surface area (Å²) in [6, 6.07) is 2.53. The minimum atomic E-state index is -4.57. The predicted octanol–water partition coefficient (Wildman–Crippen LogP) is 4.00. The van der Waals surface area contributed by atoms with Gasteiger partial charge in [-0.25, -0.2) is 4.98 Å². The van der Waals surface area contributed by atoms with E-state index in [1.54, 1.807) is 4.90 Å². The average molecular weight is 542 g/mol. The summed E-state index contributed by atoms with van der Waals surface area (Å²) in [5.74, 6) is -2.14. The van der Waals surface area contributed by atoms with E-state index in [4.69, 9.17) is 22.1 Å². The second kappa shape index (κ2) is 11.1. The molecule has 1 aromatic carbocycles. The third-order valence-electron chi connectivity index (χ3n) is 6.83. The van der Waals surface area contributed by atoms with Gasteiger partial charge in [0, 0.05) is 25.1 Å². The van der Waals surface area contributed by atoms with Gasteiger partial charge in [-0.1, -0.05) is 11.6 Å². The van der Waals surface area contributed by atoms with Crippen LogP contribution >= 0.6 is 11.6 Å². The molecule has 1 unspecified atom stereocenters. The van der Waals surface area contributed by atoms with Crippen molar-refractivity contribution in [3.63, 3.8) is 0 Å². The number of halogens is 4. The van der Waals surface area contributed by atoms with E-state index in [0.717, 1.165) is 31.0 Å². The van der Waals surface area contributed by atoms with Crippen LogP contribution in [0.15, 0.2) is 24.5 Å². The second-order valence-electron chi connectivity index (χ2n) is 9.27. The summed E-state index contributed by atoms with van der Waals surface area (Å²) in [6.45, 7) is 0.922. The highest BCUT2D eigenvalue weighted by molar-refractivity contribution is 6.33. The van der Waals surface area contributed by atoms with Gasteiger partial charge in [-0.15, -0.1) is 0 Å². The molecule has 2 heterocycles. The van der Waals surface area contributed by atoms with Crippen LogP contribution in [0.5, 0.6) is 0 Å². The van der Waals surface area contributed by atoms with Gasteiger partial charge in [0.15, 0.2) is 5.69 Å². The second-order valence-corrected chi connectivity index (χ2v) is 9.68. The van der Waals surface area contributed by atoms with Gasteiger partial charge >= 0.3 is 6.18 Å². The quantitative estimate of drug-likeness (QED) is 0.488. The fraction of sp³-hybridized carbons (Fsp3) is 0.500. The maximum atomic E-state index is 13.4. The smallest absolute Gasteiger partial charge is 0.376 e. The standard InChI is InChI=1S/C24H27ClF3N5O4/c25-17-8-5-14(24(26,27)28)10-18(17)32-22(35)13-3-6-15(7-4-13)33(11-16-2-1-9-37-16)23(36)20-19(21(29)34)30-12-31-20/h5,8,10,12-13,15-16H,1-4,6-7,9,11H2,(H2,29,34)(H,30,31)(H,32,35). The van der Waals surface area contributed by atoms with E-state index < -0.39 is 35.4 Å². The first-order valence-electron chi connectivity index (χ1n) is 12.0. The number of hydrogen-bond acceptors (Lipinski definition) is 5. The van der Waals surface area contributed by atoms with E-state index in [1.165, 1.54) is 6.33 Å². The Kier molecular flexibility index (Phi) is 8.08. The van der Waals surface area contributed by atoms with Gasteiger partial charge in [0.1, 0.15) is 5.69 Å². The van der Waals surface area contributed by atoms with E-state index in [2.05, 4.69) is 15.3 Å². The van der Waals surface area contributed by atoms with Crippen LogP contribution < -0.4 is 11.1 Å². The van der Waals surface area contributed by atoms with Crippen LogP contribution in [-0.2, 0) is 15.7 Å². The molecule has 2 fully saturated rings. The van der Waals surface area contributed by atoms with E-state index in [-0.39, 0.29) is 34.2 Å². The largest absolute Gasteiger partial charge is 0.416 e. The first-order valence-corrected chi connectivity index (χ1v) is 12.4. The highest BCUT2D eigenvalue weighted by Crippen LogP contribution is 2.35. The van der Waals surface area contributed by atoms with E-state index in [0.29, 0.717) is 38.8 Å². The van der Waals surface area contributed by atoms with Gasteiger partial charge in [0.2, 0.25) is 5.91 Å². The molecule has 13 heteroatoms. The van der Waals surface area contributed by atoms with Crippen LogP contribution in [0.4, 0.5) is 18.9 Å². The fourth-order valence-electron chi connectivity index (χ4n) is 4.88. The molecule has 9 nitrogen and oxygen atoms in total. The molecule has 1 saturated heterocycles. The number of rotatable bonds is 7. The summed E-state index contributed by atoms with van der Waals surface area (Å²) in [7, 11) is 0. The third kappa shape index (κ3) is 6.24. The molecule has 2 aromatic rings. The normalized spacial score (nSPS) is 22.0. The molecule has 2 aliphatic rings. The Hall–Kier alpha value is -3.12. The number of amides is 3. The molecular weight excluding hydrogens is 515 g/mol. The van der Waals surface area contributed by atoms with Crippen LogP contribution in [-0.4, -0.2) is 57.9 Å². The summed E-state index contributed by atoms with van der Waals surface area (Å²) in [6.07, 6.45) is -0.0174. The van der Waals surface area contributed by atoms with Crippen molar-refractivity contribution in [2.45, 2.75) is 56.8 Å². The number of aromatic amines is 1. The number of primary amides is 1. The average Bonchev–Trinajstić information content (AvgIpc) is 3.55. The first kappa shape index (κ1) is 26.9. The van der Waals surface area contributed by atoms with Crippen molar-refractivity contribution < 1.29 is 32.3 Å². The zero-order valence-electron chi connectivity index (χ0n) is 19.8. The monoisotopic (exact) mass is 541 g/mol. The molecule has 1 aromatic heterocycles. The Morgan fingerprint density at radius 1 is 1.19 bits per heavy atom. The predicted molar refractivity (Wildman–Crippen MR) is 128 cm³/mol. The lowest BCUT2D eigenvalue weighted by Crippen LogP contribution is -2.47. The molecule has 4 N–H and O–H groups in total. The summed E-state index contributed by atoms with van der Waals surface area (Å²) in [5.41, 5.74) is 4.21. The number of ether oxygens (including phenoxy) is 1. The van der Waals surface area contributed by atoms with Gasteiger partial charge in [-0.05, 0) is 56.7 Å². The Morgan fingerprint density at radius 2 is 1.92 bits per heavy atom. The fourth-order valence-corrected chi connectivity index (χ4v) is 5.04. The number of hydrogen-bond donors (Lipinski definition) is 3. The summed E-state index contributed by atoms with van der Waals surface area (Å²) < 4.78 is 44.9.